The Morgan fingerprint density at radius 3 is 2.19 bits per heavy atom. The number of amides is 2. The van der Waals surface area contributed by atoms with Crippen molar-refractivity contribution in [3.8, 4) is 17.2 Å². The van der Waals surface area contributed by atoms with Crippen LogP contribution in [-0.2, 0) is 4.79 Å². The van der Waals surface area contributed by atoms with Crippen molar-refractivity contribution < 1.29 is 23.8 Å². The third-order valence-electron chi connectivity index (χ3n) is 4.39. The summed E-state index contributed by atoms with van der Waals surface area (Å²) in [6, 6.07) is 10.3. The Morgan fingerprint density at radius 1 is 1.00 bits per heavy atom. The van der Waals surface area contributed by atoms with Gasteiger partial charge in [0.25, 0.3) is 5.91 Å². The molecule has 0 spiro atoms. The van der Waals surface area contributed by atoms with E-state index in [1.165, 1.54) is 27.4 Å². The molecule has 8 nitrogen and oxygen atoms in total. The Kier molecular flexibility index (Phi) is 11.1. The van der Waals surface area contributed by atoms with E-state index in [0.717, 1.165) is 6.54 Å². The van der Waals surface area contributed by atoms with Gasteiger partial charge in [-0.05, 0) is 50.0 Å². The Hall–Kier alpha value is -3.23. The van der Waals surface area contributed by atoms with E-state index >= 15 is 0 Å². The Morgan fingerprint density at radius 2 is 1.62 bits per heavy atom. The van der Waals surface area contributed by atoms with Gasteiger partial charge in [-0.15, -0.1) is 12.4 Å². The fraction of sp³-hybridized carbons (Fsp3) is 0.304. The number of hydrogen-bond donors (Lipinski definition) is 2. The normalized spacial score (nSPS) is 10.4. The standard InChI is InChI=1S/C23H29N3O5.ClH/c1-26(2)13-12-24-23(28)17-8-6-7-9-18(17)25-21(27)11-10-16-14-19(29-3)22(31-5)20(15-16)30-4;/h6-11,14-15H,12-13H2,1-5H3,(H,24,28)(H,25,27);1H/b11-10+;. The number of ether oxygens (including phenoxy) is 3. The lowest BCUT2D eigenvalue weighted by molar-refractivity contribution is -0.111. The van der Waals surface area contributed by atoms with Crippen LogP contribution in [0.3, 0.4) is 0 Å². The van der Waals surface area contributed by atoms with E-state index < -0.39 is 0 Å². The molecule has 2 N–H and O–H groups in total. The number of anilines is 1. The summed E-state index contributed by atoms with van der Waals surface area (Å²) in [6.07, 6.45) is 3.00. The van der Waals surface area contributed by atoms with Crippen molar-refractivity contribution >= 4 is 36.0 Å². The summed E-state index contributed by atoms with van der Waals surface area (Å²) in [5.41, 5.74) is 1.53. The zero-order valence-corrected chi connectivity index (χ0v) is 19.7. The zero-order valence-electron chi connectivity index (χ0n) is 18.9. The number of halogens is 1. The largest absolute Gasteiger partial charge is 0.493 e. The molecule has 0 aromatic heterocycles. The molecule has 0 radical (unpaired) electrons. The third-order valence-corrected chi connectivity index (χ3v) is 4.39. The predicted molar refractivity (Wildman–Crippen MR) is 128 cm³/mol. The van der Waals surface area contributed by atoms with Crippen molar-refractivity contribution in [1.82, 2.24) is 10.2 Å². The molecule has 2 amide bonds. The van der Waals surface area contributed by atoms with Gasteiger partial charge >= 0.3 is 0 Å². The van der Waals surface area contributed by atoms with Gasteiger partial charge in [-0.3, -0.25) is 9.59 Å². The van der Waals surface area contributed by atoms with Crippen molar-refractivity contribution in [3.05, 3.63) is 53.6 Å². The fourth-order valence-electron chi connectivity index (χ4n) is 2.82. The summed E-state index contributed by atoms with van der Waals surface area (Å²) in [5.74, 6) is 0.831. The molecular formula is C23H30ClN3O5. The molecule has 0 fully saturated rings. The van der Waals surface area contributed by atoms with Crippen LogP contribution in [0.1, 0.15) is 15.9 Å². The van der Waals surface area contributed by atoms with Gasteiger partial charge in [0.05, 0.1) is 32.6 Å². The van der Waals surface area contributed by atoms with E-state index in [-0.39, 0.29) is 24.2 Å². The van der Waals surface area contributed by atoms with Gasteiger partial charge in [-0.25, -0.2) is 0 Å². The molecule has 0 saturated heterocycles. The summed E-state index contributed by atoms with van der Waals surface area (Å²) in [5, 5.41) is 5.60. The average molecular weight is 464 g/mol. The lowest BCUT2D eigenvalue weighted by atomic mass is 10.1. The monoisotopic (exact) mass is 463 g/mol. The van der Waals surface area contributed by atoms with Crippen LogP contribution in [0, 0.1) is 0 Å². The van der Waals surface area contributed by atoms with Gasteiger partial charge in [0.1, 0.15) is 0 Å². The second-order valence-electron chi connectivity index (χ2n) is 6.89. The van der Waals surface area contributed by atoms with Gasteiger partial charge in [-0.1, -0.05) is 12.1 Å². The van der Waals surface area contributed by atoms with Crippen LogP contribution in [0.25, 0.3) is 6.08 Å². The molecular weight excluding hydrogens is 434 g/mol. The summed E-state index contributed by atoms with van der Waals surface area (Å²) in [6.45, 7) is 1.23. The smallest absolute Gasteiger partial charge is 0.253 e. The molecule has 9 heteroatoms. The number of methoxy groups -OCH3 is 3. The molecule has 2 rings (SSSR count). The maximum atomic E-state index is 12.5. The lowest BCUT2D eigenvalue weighted by Gasteiger charge is -2.13. The molecule has 32 heavy (non-hydrogen) atoms. The first kappa shape index (κ1) is 26.8. The third kappa shape index (κ3) is 7.47. The maximum absolute atomic E-state index is 12.5. The number of nitrogens with zero attached hydrogens (tertiary/aromatic N) is 1. The first-order chi connectivity index (χ1) is 14.9. The van der Waals surface area contributed by atoms with E-state index in [9.17, 15) is 9.59 Å². The van der Waals surface area contributed by atoms with Crippen LogP contribution in [0.5, 0.6) is 17.2 Å². The fourth-order valence-corrected chi connectivity index (χ4v) is 2.82. The SMILES string of the molecule is COc1cc(/C=C/C(=O)Nc2ccccc2C(=O)NCCN(C)C)cc(OC)c1OC.Cl. The van der Waals surface area contributed by atoms with Crippen LogP contribution in [0.2, 0.25) is 0 Å². The van der Waals surface area contributed by atoms with Crippen LogP contribution in [0.15, 0.2) is 42.5 Å². The number of likely N-dealkylation sites (N-methyl/N-ethyl adjacent to an activating group) is 1. The highest BCUT2D eigenvalue weighted by Gasteiger charge is 2.13. The van der Waals surface area contributed by atoms with Gasteiger partial charge < -0.3 is 29.7 Å². The minimum atomic E-state index is -0.373. The number of nitrogens with one attached hydrogen (secondary N) is 2. The highest BCUT2D eigenvalue weighted by molar-refractivity contribution is 6.07. The zero-order chi connectivity index (χ0) is 22.8. The number of hydrogen-bond acceptors (Lipinski definition) is 6. The van der Waals surface area contributed by atoms with Gasteiger partial charge in [0.2, 0.25) is 11.7 Å². The summed E-state index contributed by atoms with van der Waals surface area (Å²) in [7, 11) is 8.44. The summed E-state index contributed by atoms with van der Waals surface area (Å²) >= 11 is 0. The van der Waals surface area contributed by atoms with Crippen molar-refractivity contribution in [1.29, 1.82) is 0 Å². The quantitative estimate of drug-likeness (QED) is 0.526. The molecule has 0 bridgehead atoms. The van der Waals surface area contributed by atoms with E-state index in [2.05, 4.69) is 10.6 Å². The minimum Gasteiger partial charge on any atom is -0.493 e. The van der Waals surface area contributed by atoms with E-state index in [0.29, 0.717) is 40.6 Å². The van der Waals surface area contributed by atoms with E-state index in [4.69, 9.17) is 14.2 Å². The predicted octanol–water partition coefficient (Wildman–Crippen LogP) is 3.08. The van der Waals surface area contributed by atoms with Crippen molar-refractivity contribution in [2.45, 2.75) is 0 Å². The van der Waals surface area contributed by atoms with Gasteiger partial charge in [0, 0.05) is 19.2 Å². The van der Waals surface area contributed by atoms with E-state index in [1.807, 2.05) is 19.0 Å². The maximum Gasteiger partial charge on any atom is 0.253 e. The molecule has 174 valence electrons. The number of para-hydroxylation sites is 1. The number of carbonyl (C=O) groups excluding carboxylic acids is 2. The molecule has 0 heterocycles. The number of carbonyl (C=O) groups is 2. The molecule has 0 aliphatic carbocycles. The van der Waals surface area contributed by atoms with Crippen LogP contribution in [0.4, 0.5) is 5.69 Å². The van der Waals surface area contributed by atoms with Crippen LogP contribution >= 0.6 is 12.4 Å². The topological polar surface area (TPSA) is 89.1 Å². The molecule has 0 atom stereocenters. The van der Waals surface area contributed by atoms with Crippen LogP contribution in [-0.4, -0.2) is 65.2 Å². The first-order valence-corrected chi connectivity index (χ1v) is 9.70. The van der Waals surface area contributed by atoms with Crippen molar-refractivity contribution in [2.24, 2.45) is 0 Å². The average Bonchev–Trinajstić information content (AvgIpc) is 2.76. The summed E-state index contributed by atoms with van der Waals surface area (Å²) in [4.78, 5) is 26.9. The lowest BCUT2D eigenvalue weighted by Crippen LogP contribution is -2.31. The Bertz CT molecular complexity index is 922. The number of benzene rings is 2. The van der Waals surface area contributed by atoms with Gasteiger partial charge in [-0.2, -0.15) is 0 Å². The second kappa shape index (κ2) is 13.2. The van der Waals surface area contributed by atoms with Gasteiger partial charge in [0.15, 0.2) is 11.5 Å². The molecule has 2 aromatic carbocycles. The second-order valence-corrected chi connectivity index (χ2v) is 6.89. The highest BCUT2D eigenvalue weighted by atomic mass is 35.5. The van der Waals surface area contributed by atoms with Crippen molar-refractivity contribution in [3.63, 3.8) is 0 Å². The molecule has 0 aliphatic rings. The van der Waals surface area contributed by atoms with Crippen molar-refractivity contribution in [2.75, 3.05) is 53.8 Å². The number of rotatable bonds is 10. The molecule has 0 aliphatic heterocycles. The van der Waals surface area contributed by atoms with E-state index in [1.54, 1.807) is 42.5 Å². The first-order valence-electron chi connectivity index (χ1n) is 9.70. The minimum absolute atomic E-state index is 0. The Labute approximate surface area is 194 Å². The molecule has 0 unspecified atom stereocenters. The van der Waals surface area contributed by atoms with Crippen LogP contribution < -0.4 is 24.8 Å². The Balaban J connectivity index is 0.00000512. The molecule has 0 saturated carbocycles. The molecule has 2 aromatic rings. The summed E-state index contributed by atoms with van der Waals surface area (Å²) < 4.78 is 15.9. The highest BCUT2D eigenvalue weighted by Crippen LogP contribution is 2.38.